The Kier molecular flexibility index (Phi) is 6.92. The van der Waals surface area contributed by atoms with E-state index in [1.807, 2.05) is 12.1 Å². The van der Waals surface area contributed by atoms with E-state index < -0.39 is 17.4 Å². The number of hydrogen-bond donors (Lipinski definition) is 5. The largest absolute Gasteiger partial charge is 0.509 e. The number of aliphatic hydroxyl groups is 1. The molecule has 174 valence electrons. The summed E-state index contributed by atoms with van der Waals surface area (Å²) >= 11 is 0. The van der Waals surface area contributed by atoms with E-state index >= 15 is 0 Å². The predicted octanol–water partition coefficient (Wildman–Crippen LogP) is 1.27. The van der Waals surface area contributed by atoms with Crippen LogP contribution in [0.1, 0.15) is 27.9 Å². The number of rotatable bonds is 4. The molecule has 1 fully saturated rings. The monoisotopic (exact) mass is 459 g/mol. The summed E-state index contributed by atoms with van der Waals surface area (Å²) in [5, 5.41) is 25.2. The lowest BCUT2D eigenvalue weighted by Crippen LogP contribution is -2.59. The van der Waals surface area contributed by atoms with Crippen LogP contribution >= 0.6 is 0 Å². The van der Waals surface area contributed by atoms with Crippen LogP contribution in [0.15, 0.2) is 66.6 Å². The van der Waals surface area contributed by atoms with Gasteiger partial charge in [0.15, 0.2) is 5.54 Å². The minimum Gasteiger partial charge on any atom is -0.509 e. The van der Waals surface area contributed by atoms with Crippen molar-refractivity contribution < 1.29 is 19.9 Å². The van der Waals surface area contributed by atoms with Gasteiger partial charge in [0.25, 0.3) is 11.8 Å². The molecule has 1 atom stereocenters. The molecule has 2 aliphatic rings. The first-order valence-electron chi connectivity index (χ1n) is 10.9. The lowest BCUT2D eigenvalue weighted by molar-refractivity contribution is -0.135. The maximum absolute atomic E-state index is 12.7. The third-order valence-electron chi connectivity index (χ3n) is 5.75. The van der Waals surface area contributed by atoms with Gasteiger partial charge >= 0.3 is 0 Å². The highest BCUT2D eigenvalue weighted by Gasteiger charge is 2.44. The molecular weight excluding hydrogens is 434 g/mol. The number of nitrogens with zero attached hydrogens (tertiary/aromatic N) is 2. The van der Waals surface area contributed by atoms with Crippen LogP contribution in [0.3, 0.4) is 0 Å². The van der Waals surface area contributed by atoms with Crippen molar-refractivity contribution in [3.8, 4) is 11.8 Å². The molecule has 1 saturated heterocycles. The van der Waals surface area contributed by atoms with Crippen LogP contribution in [0.2, 0.25) is 0 Å². The molecule has 5 N–H and O–H groups in total. The molecule has 0 bridgehead atoms. The summed E-state index contributed by atoms with van der Waals surface area (Å²) in [6.45, 7) is 3.75. The van der Waals surface area contributed by atoms with E-state index in [1.54, 1.807) is 42.6 Å². The van der Waals surface area contributed by atoms with E-state index in [1.165, 1.54) is 11.6 Å². The van der Waals surface area contributed by atoms with Gasteiger partial charge in [0.2, 0.25) is 0 Å². The average molecular weight is 460 g/mol. The third kappa shape index (κ3) is 4.93. The van der Waals surface area contributed by atoms with Crippen molar-refractivity contribution in [3.05, 3.63) is 83.3 Å². The number of nitrogens with one attached hydrogen (secondary N) is 3. The van der Waals surface area contributed by atoms with E-state index in [0.29, 0.717) is 5.56 Å². The van der Waals surface area contributed by atoms with Crippen LogP contribution in [-0.4, -0.2) is 58.8 Å². The Bertz CT molecular complexity index is 1170. The Morgan fingerprint density at radius 2 is 1.76 bits per heavy atom. The summed E-state index contributed by atoms with van der Waals surface area (Å²) < 4.78 is 0. The van der Waals surface area contributed by atoms with Gasteiger partial charge in [-0.15, -0.1) is 0 Å². The molecule has 0 saturated carbocycles. The molecule has 2 aromatic rings. The maximum Gasteiger partial charge on any atom is 0.277 e. The van der Waals surface area contributed by atoms with Gasteiger partial charge < -0.3 is 20.6 Å². The molecule has 9 nitrogen and oxygen atoms in total. The summed E-state index contributed by atoms with van der Waals surface area (Å²) in [6.07, 6.45) is 6.21. The Labute approximate surface area is 197 Å². The number of amides is 2. The Hall–Kier alpha value is -4.13. The van der Waals surface area contributed by atoms with Gasteiger partial charge in [-0.2, -0.15) is 0 Å². The number of aromatic nitrogens is 1. The number of anilines is 1. The van der Waals surface area contributed by atoms with Crippen molar-refractivity contribution in [1.29, 1.82) is 0 Å². The fourth-order valence-electron chi connectivity index (χ4n) is 3.78. The SMILES string of the molecule is O=C(N[C@@]1(C(=O)NO)CC=CC=C1O)c1ccc(C#Cc2ccc(N3CCNCC3)nc2)cc1. The van der Waals surface area contributed by atoms with Crippen molar-refractivity contribution in [1.82, 2.24) is 21.1 Å². The van der Waals surface area contributed by atoms with Gasteiger partial charge in [0, 0.05) is 55.5 Å². The number of aliphatic hydroxyl groups excluding tert-OH is 1. The molecule has 1 aromatic heterocycles. The van der Waals surface area contributed by atoms with Crippen molar-refractivity contribution in [2.45, 2.75) is 12.0 Å². The number of carbonyl (C=O) groups excluding carboxylic acids is 2. The molecule has 9 heteroatoms. The van der Waals surface area contributed by atoms with E-state index in [9.17, 15) is 14.7 Å². The van der Waals surface area contributed by atoms with Gasteiger partial charge in [-0.05, 0) is 42.5 Å². The summed E-state index contributed by atoms with van der Waals surface area (Å²) in [5.74, 6) is 5.17. The van der Waals surface area contributed by atoms with Gasteiger partial charge in [0.1, 0.15) is 11.6 Å². The van der Waals surface area contributed by atoms with Crippen LogP contribution in [0.5, 0.6) is 0 Å². The normalized spacial score (nSPS) is 19.4. The highest BCUT2D eigenvalue weighted by molar-refractivity contribution is 6.00. The van der Waals surface area contributed by atoms with Gasteiger partial charge in [-0.3, -0.25) is 14.8 Å². The first kappa shape index (κ1) is 23.0. The molecule has 2 heterocycles. The predicted molar refractivity (Wildman–Crippen MR) is 126 cm³/mol. The fraction of sp³-hybridized carbons (Fsp3) is 0.240. The standard InChI is InChI=1S/C25H25N5O4/c31-21-3-1-2-12-25(21,24(33)29-34)28-23(32)20-9-6-18(7-10-20)4-5-19-8-11-22(27-17-19)30-15-13-26-14-16-30/h1-3,6-11,17,26,31,34H,12-16H2,(H,28,32)(H,29,33)/t25-/m0/s1. The van der Waals surface area contributed by atoms with Crippen molar-refractivity contribution in [2.75, 3.05) is 31.1 Å². The molecule has 4 rings (SSSR count). The number of hydrogen-bond acceptors (Lipinski definition) is 7. The first-order chi connectivity index (χ1) is 16.5. The topological polar surface area (TPSA) is 127 Å². The summed E-state index contributed by atoms with van der Waals surface area (Å²) in [5.41, 5.74) is 1.50. The number of hydroxylamine groups is 1. The molecular formula is C25H25N5O4. The van der Waals surface area contributed by atoms with Gasteiger partial charge in [0.05, 0.1) is 0 Å². The highest BCUT2D eigenvalue weighted by Crippen LogP contribution is 2.25. The molecule has 0 unspecified atom stereocenters. The number of pyridine rings is 1. The fourth-order valence-corrected chi connectivity index (χ4v) is 3.78. The van der Waals surface area contributed by atoms with Crippen molar-refractivity contribution in [2.24, 2.45) is 0 Å². The van der Waals surface area contributed by atoms with E-state index in [4.69, 9.17) is 5.21 Å². The zero-order valence-corrected chi connectivity index (χ0v) is 18.4. The average Bonchev–Trinajstić information content (AvgIpc) is 2.89. The van der Waals surface area contributed by atoms with Crippen LogP contribution in [0.25, 0.3) is 0 Å². The highest BCUT2D eigenvalue weighted by atomic mass is 16.5. The van der Waals surface area contributed by atoms with Crippen LogP contribution in [0, 0.1) is 11.8 Å². The third-order valence-corrected chi connectivity index (χ3v) is 5.75. The lowest BCUT2D eigenvalue weighted by Gasteiger charge is -2.32. The Balaban J connectivity index is 1.43. The molecule has 2 amide bonds. The Morgan fingerprint density at radius 1 is 1.06 bits per heavy atom. The molecule has 1 aromatic carbocycles. The van der Waals surface area contributed by atoms with E-state index in [2.05, 4.69) is 32.4 Å². The molecule has 0 spiro atoms. The number of piperazine rings is 1. The second-order valence-corrected chi connectivity index (χ2v) is 7.95. The molecule has 1 aliphatic heterocycles. The quantitative estimate of drug-likeness (QED) is 0.265. The van der Waals surface area contributed by atoms with Crippen LogP contribution in [-0.2, 0) is 4.79 Å². The summed E-state index contributed by atoms with van der Waals surface area (Å²) in [7, 11) is 0. The second kappa shape index (κ2) is 10.2. The zero-order valence-electron chi connectivity index (χ0n) is 18.4. The molecule has 34 heavy (non-hydrogen) atoms. The van der Waals surface area contributed by atoms with Crippen LogP contribution in [0.4, 0.5) is 5.82 Å². The molecule has 0 radical (unpaired) electrons. The smallest absolute Gasteiger partial charge is 0.277 e. The molecule has 1 aliphatic carbocycles. The summed E-state index contributed by atoms with van der Waals surface area (Å²) in [6, 6.07) is 10.4. The van der Waals surface area contributed by atoms with Gasteiger partial charge in [-0.25, -0.2) is 10.5 Å². The van der Waals surface area contributed by atoms with Crippen molar-refractivity contribution >= 4 is 17.6 Å². The Morgan fingerprint density at radius 3 is 2.41 bits per heavy atom. The minimum absolute atomic E-state index is 0.00149. The lowest BCUT2D eigenvalue weighted by atomic mass is 9.87. The van der Waals surface area contributed by atoms with Gasteiger partial charge in [-0.1, -0.05) is 24.0 Å². The number of benzene rings is 1. The maximum atomic E-state index is 12.7. The van der Waals surface area contributed by atoms with Crippen LogP contribution < -0.4 is 21.0 Å². The number of carbonyl (C=O) groups is 2. The number of allylic oxidation sites excluding steroid dienone is 2. The zero-order chi connectivity index (χ0) is 24.0. The summed E-state index contributed by atoms with van der Waals surface area (Å²) in [4.78, 5) is 31.7. The second-order valence-electron chi connectivity index (χ2n) is 7.95. The van der Waals surface area contributed by atoms with E-state index in [0.717, 1.165) is 37.6 Å². The minimum atomic E-state index is -1.77. The first-order valence-corrected chi connectivity index (χ1v) is 10.9. The van der Waals surface area contributed by atoms with Crippen molar-refractivity contribution in [3.63, 3.8) is 0 Å². The van der Waals surface area contributed by atoms with E-state index in [-0.39, 0.29) is 17.7 Å².